The molecule has 1 atom stereocenters. The molecule has 0 amide bonds. The molecule has 0 saturated heterocycles. The van der Waals surface area contributed by atoms with Crippen LogP contribution in [0.3, 0.4) is 0 Å². The first-order chi connectivity index (χ1) is 9.53. The minimum atomic E-state index is 0.474. The van der Waals surface area contributed by atoms with Crippen molar-refractivity contribution >= 4 is 11.6 Å². The Hall–Kier alpha value is -0.930. The highest BCUT2D eigenvalue weighted by Crippen LogP contribution is 2.39. The first kappa shape index (κ1) is 14.0. The lowest BCUT2D eigenvalue weighted by molar-refractivity contribution is 0.171. The molecule has 1 heterocycles. The van der Waals surface area contributed by atoms with Crippen LogP contribution in [-0.4, -0.2) is 19.3 Å². The number of fused-ring (bicyclic) bond motifs is 1. The first-order valence-electron chi connectivity index (χ1n) is 7.35. The fourth-order valence-corrected chi connectivity index (χ4v) is 3.43. The summed E-state index contributed by atoms with van der Waals surface area (Å²) >= 11 is 6.26. The zero-order valence-electron chi connectivity index (χ0n) is 12.2. The summed E-state index contributed by atoms with van der Waals surface area (Å²) in [7, 11) is 0. The maximum atomic E-state index is 6.26. The van der Waals surface area contributed by atoms with E-state index < -0.39 is 0 Å². The second-order valence-corrected chi connectivity index (χ2v) is 6.99. The van der Waals surface area contributed by atoms with Crippen LogP contribution in [0.4, 0.5) is 0 Å². The molecule has 0 spiro atoms. The molecule has 1 aromatic carbocycles. The lowest BCUT2D eigenvalue weighted by Crippen LogP contribution is -2.27. The lowest BCUT2D eigenvalue weighted by Gasteiger charge is -2.21. The standard InChI is InChI=1S/C16H22ClNO2/c1-16(2)4-3-12(9-16)18-10-11-7-13(17)15-14(8-11)19-5-6-20-15/h7-8,12,18H,3-6,9-10H2,1-2H3. The van der Waals surface area contributed by atoms with Gasteiger partial charge in [0.1, 0.15) is 13.2 Å². The van der Waals surface area contributed by atoms with Gasteiger partial charge in [0.25, 0.3) is 0 Å². The predicted octanol–water partition coefficient (Wildman–Crippen LogP) is 3.78. The van der Waals surface area contributed by atoms with E-state index in [1.54, 1.807) is 0 Å². The van der Waals surface area contributed by atoms with E-state index in [-0.39, 0.29) is 0 Å². The number of nitrogens with one attached hydrogen (secondary N) is 1. The molecule has 0 bridgehead atoms. The van der Waals surface area contributed by atoms with E-state index in [9.17, 15) is 0 Å². The Balaban J connectivity index is 1.65. The van der Waals surface area contributed by atoms with Gasteiger partial charge >= 0.3 is 0 Å². The molecule has 2 aliphatic rings. The largest absolute Gasteiger partial charge is 0.486 e. The van der Waals surface area contributed by atoms with Crippen molar-refractivity contribution < 1.29 is 9.47 Å². The number of halogens is 1. The molecule has 4 heteroatoms. The summed E-state index contributed by atoms with van der Waals surface area (Å²) in [6.45, 7) is 6.68. The van der Waals surface area contributed by atoms with Crippen LogP contribution in [0, 0.1) is 5.41 Å². The zero-order valence-corrected chi connectivity index (χ0v) is 12.9. The molecule has 1 fully saturated rings. The Morgan fingerprint density at radius 3 is 2.85 bits per heavy atom. The Kier molecular flexibility index (Phi) is 3.83. The first-order valence-corrected chi connectivity index (χ1v) is 7.73. The summed E-state index contributed by atoms with van der Waals surface area (Å²) in [5, 5.41) is 4.28. The quantitative estimate of drug-likeness (QED) is 0.920. The summed E-state index contributed by atoms with van der Waals surface area (Å²) in [5.74, 6) is 1.45. The normalized spacial score (nSPS) is 23.9. The van der Waals surface area contributed by atoms with E-state index in [0.717, 1.165) is 17.9 Å². The minimum Gasteiger partial charge on any atom is -0.486 e. The van der Waals surface area contributed by atoms with E-state index >= 15 is 0 Å². The van der Waals surface area contributed by atoms with Crippen LogP contribution < -0.4 is 14.8 Å². The second-order valence-electron chi connectivity index (χ2n) is 6.59. The van der Waals surface area contributed by atoms with Gasteiger partial charge in [0.15, 0.2) is 11.5 Å². The van der Waals surface area contributed by atoms with Crippen molar-refractivity contribution in [2.24, 2.45) is 5.41 Å². The van der Waals surface area contributed by atoms with E-state index in [2.05, 4.69) is 19.2 Å². The predicted molar refractivity (Wildman–Crippen MR) is 80.7 cm³/mol. The molecule has 110 valence electrons. The van der Waals surface area contributed by atoms with Crippen LogP contribution in [0.5, 0.6) is 11.5 Å². The Morgan fingerprint density at radius 2 is 2.10 bits per heavy atom. The third-order valence-corrected chi connectivity index (χ3v) is 4.50. The zero-order chi connectivity index (χ0) is 14.2. The number of benzene rings is 1. The molecular formula is C16H22ClNO2. The molecule has 0 radical (unpaired) electrons. The number of ether oxygens (including phenoxy) is 2. The number of hydrogen-bond acceptors (Lipinski definition) is 3. The van der Waals surface area contributed by atoms with Crippen molar-refractivity contribution in [3.8, 4) is 11.5 Å². The van der Waals surface area contributed by atoms with Crippen LogP contribution in [-0.2, 0) is 6.54 Å². The summed E-state index contributed by atoms with van der Waals surface area (Å²) in [5.41, 5.74) is 1.63. The lowest BCUT2D eigenvalue weighted by atomic mass is 9.92. The molecule has 3 rings (SSSR count). The van der Waals surface area contributed by atoms with Crippen LogP contribution >= 0.6 is 11.6 Å². The third-order valence-electron chi connectivity index (χ3n) is 4.22. The van der Waals surface area contributed by atoms with Gasteiger partial charge in [-0.15, -0.1) is 0 Å². The van der Waals surface area contributed by atoms with Crippen molar-refractivity contribution in [1.82, 2.24) is 5.32 Å². The van der Waals surface area contributed by atoms with Gasteiger partial charge in [-0.25, -0.2) is 0 Å². The van der Waals surface area contributed by atoms with Crippen molar-refractivity contribution in [2.75, 3.05) is 13.2 Å². The molecule has 20 heavy (non-hydrogen) atoms. The van der Waals surface area contributed by atoms with Gasteiger partial charge in [-0.1, -0.05) is 25.4 Å². The van der Waals surface area contributed by atoms with Crippen LogP contribution in [0.15, 0.2) is 12.1 Å². The van der Waals surface area contributed by atoms with E-state index in [4.69, 9.17) is 21.1 Å². The van der Waals surface area contributed by atoms with Gasteiger partial charge in [-0.3, -0.25) is 0 Å². The summed E-state index contributed by atoms with van der Waals surface area (Å²) in [6, 6.07) is 4.62. The van der Waals surface area contributed by atoms with Gasteiger partial charge in [0.2, 0.25) is 0 Å². The smallest absolute Gasteiger partial charge is 0.179 e. The maximum Gasteiger partial charge on any atom is 0.179 e. The van der Waals surface area contributed by atoms with Crippen molar-refractivity contribution in [2.45, 2.75) is 45.7 Å². The molecule has 1 aliphatic carbocycles. The van der Waals surface area contributed by atoms with Gasteiger partial charge < -0.3 is 14.8 Å². The Bertz CT molecular complexity index is 501. The molecule has 1 aliphatic heterocycles. The average molecular weight is 296 g/mol. The van der Waals surface area contributed by atoms with Crippen molar-refractivity contribution in [3.05, 3.63) is 22.7 Å². The molecule has 1 unspecified atom stereocenters. The second kappa shape index (κ2) is 5.45. The Labute approximate surface area is 125 Å². The number of rotatable bonds is 3. The van der Waals surface area contributed by atoms with Crippen LogP contribution in [0.2, 0.25) is 5.02 Å². The molecule has 1 aromatic rings. The van der Waals surface area contributed by atoms with Gasteiger partial charge in [0.05, 0.1) is 5.02 Å². The van der Waals surface area contributed by atoms with Gasteiger partial charge in [-0.05, 0) is 42.4 Å². The summed E-state index contributed by atoms with van der Waals surface area (Å²) in [6.07, 6.45) is 3.79. The molecule has 3 nitrogen and oxygen atoms in total. The highest BCUT2D eigenvalue weighted by molar-refractivity contribution is 6.32. The van der Waals surface area contributed by atoms with E-state index in [0.29, 0.717) is 35.4 Å². The van der Waals surface area contributed by atoms with E-state index in [1.165, 1.54) is 19.3 Å². The topological polar surface area (TPSA) is 30.5 Å². The van der Waals surface area contributed by atoms with Crippen LogP contribution in [0.25, 0.3) is 0 Å². The summed E-state index contributed by atoms with van der Waals surface area (Å²) < 4.78 is 11.1. The molecular weight excluding hydrogens is 274 g/mol. The average Bonchev–Trinajstić information content (AvgIpc) is 2.76. The van der Waals surface area contributed by atoms with E-state index in [1.807, 2.05) is 12.1 Å². The fourth-order valence-electron chi connectivity index (χ4n) is 3.14. The molecule has 0 aromatic heterocycles. The van der Waals surface area contributed by atoms with Crippen LogP contribution in [0.1, 0.15) is 38.7 Å². The maximum absolute atomic E-state index is 6.26. The third kappa shape index (κ3) is 3.04. The van der Waals surface area contributed by atoms with Gasteiger partial charge in [-0.2, -0.15) is 0 Å². The molecule has 1 saturated carbocycles. The Morgan fingerprint density at radius 1 is 1.30 bits per heavy atom. The number of hydrogen-bond donors (Lipinski definition) is 1. The van der Waals surface area contributed by atoms with Crippen molar-refractivity contribution in [1.29, 1.82) is 0 Å². The van der Waals surface area contributed by atoms with Crippen molar-refractivity contribution in [3.63, 3.8) is 0 Å². The summed E-state index contributed by atoms with van der Waals surface area (Å²) in [4.78, 5) is 0. The minimum absolute atomic E-state index is 0.474. The fraction of sp³-hybridized carbons (Fsp3) is 0.625. The SMILES string of the molecule is CC1(C)CCC(NCc2cc(Cl)c3c(c2)OCCO3)C1. The monoisotopic (exact) mass is 295 g/mol. The molecule has 1 N–H and O–H groups in total. The van der Waals surface area contributed by atoms with Gasteiger partial charge in [0, 0.05) is 12.6 Å². The highest BCUT2D eigenvalue weighted by atomic mass is 35.5. The highest BCUT2D eigenvalue weighted by Gasteiger charge is 2.30.